The van der Waals surface area contributed by atoms with Crippen molar-refractivity contribution in [3.05, 3.63) is 96.4 Å². The fourth-order valence-corrected chi connectivity index (χ4v) is 3.96. The lowest BCUT2D eigenvalue weighted by Gasteiger charge is -2.27. The van der Waals surface area contributed by atoms with E-state index in [1.54, 1.807) is 7.11 Å². The third-order valence-corrected chi connectivity index (χ3v) is 5.50. The first-order valence-electron chi connectivity index (χ1n) is 10.1. The maximum absolute atomic E-state index is 6.02. The first-order chi connectivity index (χ1) is 14.8. The van der Waals surface area contributed by atoms with Gasteiger partial charge < -0.3 is 9.47 Å². The lowest BCUT2D eigenvalue weighted by atomic mass is 9.80. The van der Waals surface area contributed by atoms with E-state index >= 15 is 0 Å². The Morgan fingerprint density at radius 2 is 1.97 bits per heavy atom. The number of imidazole rings is 1. The van der Waals surface area contributed by atoms with E-state index in [1.807, 2.05) is 55.2 Å². The number of aromatic nitrogens is 3. The van der Waals surface area contributed by atoms with Crippen LogP contribution < -0.4 is 4.74 Å². The highest BCUT2D eigenvalue weighted by molar-refractivity contribution is 5.78. The fourth-order valence-electron chi connectivity index (χ4n) is 3.96. The predicted molar refractivity (Wildman–Crippen MR) is 116 cm³/mol. The molecule has 0 saturated heterocycles. The van der Waals surface area contributed by atoms with Gasteiger partial charge in [0, 0.05) is 23.9 Å². The number of hydrogen-bond acceptors (Lipinski definition) is 4. The molecule has 0 unspecified atom stereocenters. The van der Waals surface area contributed by atoms with Gasteiger partial charge in [-0.05, 0) is 36.1 Å². The highest BCUT2D eigenvalue weighted by Gasteiger charge is 2.30. The molecule has 0 spiro atoms. The molecular weight excluding hydrogens is 374 g/mol. The molecule has 0 aliphatic heterocycles. The Morgan fingerprint density at radius 3 is 2.80 bits per heavy atom. The third kappa shape index (κ3) is 3.54. The molecule has 0 atom stereocenters. The van der Waals surface area contributed by atoms with Crippen LogP contribution in [0.2, 0.25) is 0 Å². The third-order valence-electron chi connectivity index (χ3n) is 5.50. The van der Waals surface area contributed by atoms with Crippen LogP contribution in [0.15, 0.2) is 85.0 Å². The van der Waals surface area contributed by atoms with Crippen LogP contribution in [-0.4, -0.2) is 21.5 Å². The molecule has 0 radical (unpaired) electrons. The Morgan fingerprint density at radius 1 is 1.10 bits per heavy atom. The van der Waals surface area contributed by atoms with E-state index in [9.17, 15) is 0 Å². The molecule has 0 amide bonds. The summed E-state index contributed by atoms with van der Waals surface area (Å²) in [5.74, 6) is 2.30. The number of hydrogen-bond donors (Lipinski definition) is 0. The summed E-state index contributed by atoms with van der Waals surface area (Å²) >= 11 is 0. The Balaban J connectivity index is 1.44. The average molecular weight is 397 g/mol. The Hall–Kier alpha value is -3.60. The van der Waals surface area contributed by atoms with Gasteiger partial charge in [-0.2, -0.15) is 0 Å². The van der Waals surface area contributed by atoms with Gasteiger partial charge in [-0.25, -0.2) is 4.98 Å². The molecule has 2 heterocycles. The van der Waals surface area contributed by atoms with Gasteiger partial charge in [0.25, 0.3) is 0 Å². The monoisotopic (exact) mass is 397 g/mol. The van der Waals surface area contributed by atoms with Crippen molar-refractivity contribution in [2.24, 2.45) is 0 Å². The summed E-state index contributed by atoms with van der Waals surface area (Å²) in [5, 5.41) is 0. The number of allylic oxidation sites excluding steroid dienone is 1. The Bertz CT molecular complexity index is 1190. The van der Waals surface area contributed by atoms with E-state index in [-0.39, 0.29) is 0 Å². The molecular formula is C25H23N3O2. The van der Waals surface area contributed by atoms with E-state index in [0.717, 1.165) is 46.8 Å². The van der Waals surface area contributed by atoms with Crippen LogP contribution in [0.25, 0.3) is 16.8 Å². The van der Waals surface area contributed by atoms with E-state index in [1.165, 1.54) is 5.57 Å². The summed E-state index contributed by atoms with van der Waals surface area (Å²) in [6.07, 6.45) is 9.50. The molecule has 1 fully saturated rings. The Labute approximate surface area is 175 Å². The largest absolute Gasteiger partial charge is 0.504 e. The van der Waals surface area contributed by atoms with Gasteiger partial charge in [0.15, 0.2) is 0 Å². The van der Waals surface area contributed by atoms with E-state index in [4.69, 9.17) is 14.5 Å². The van der Waals surface area contributed by atoms with Crippen molar-refractivity contribution in [3.63, 3.8) is 0 Å². The highest BCUT2D eigenvalue weighted by atomic mass is 16.5. The summed E-state index contributed by atoms with van der Waals surface area (Å²) in [6.45, 7) is 0.539. The summed E-state index contributed by atoms with van der Waals surface area (Å²) in [4.78, 5) is 9.37. The number of methoxy groups -OCH3 is 1. The van der Waals surface area contributed by atoms with Gasteiger partial charge >= 0.3 is 0 Å². The van der Waals surface area contributed by atoms with Crippen LogP contribution in [0, 0.1) is 0 Å². The Kier molecular flexibility index (Phi) is 4.93. The van der Waals surface area contributed by atoms with E-state index < -0.39 is 0 Å². The summed E-state index contributed by atoms with van der Waals surface area (Å²) in [6, 6.07) is 18.3. The molecule has 2 aromatic heterocycles. The number of fused-ring (bicyclic) bond motifs is 1. The quantitative estimate of drug-likeness (QED) is 0.410. The molecule has 5 heteroatoms. The topological polar surface area (TPSA) is 48.7 Å². The predicted octanol–water partition coefficient (Wildman–Crippen LogP) is 5.38. The van der Waals surface area contributed by atoms with Gasteiger partial charge in [-0.3, -0.25) is 9.38 Å². The molecule has 0 N–H and O–H groups in total. The normalized spacial score (nSPS) is 15.6. The van der Waals surface area contributed by atoms with Crippen LogP contribution in [0.4, 0.5) is 0 Å². The fraction of sp³-hybridized carbons (Fsp3) is 0.200. The molecule has 0 bridgehead atoms. The zero-order chi connectivity index (χ0) is 20.3. The number of ether oxygens (including phenoxy) is 2. The van der Waals surface area contributed by atoms with Crippen LogP contribution in [0.5, 0.6) is 5.75 Å². The SMILES string of the molecule is COC=C1CC(c2nc(-c3cccc(OCc4ccccc4)c3)c3cnccn23)C1. The van der Waals surface area contributed by atoms with Crippen LogP contribution in [0.1, 0.15) is 30.1 Å². The molecule has 4 aromatic rings. The lowest BCUT2D eigenvalue weighted by Crippen LogP contribution is -2.16. The summed E-state index contributed by atoms with van der Waals surface area (Å²) in [7, 11) is 1.70. The standard InChI is InChI=1S/C25H23N3O2/c1-29-16-19-12-21(13-19)25-27-24(23-15-26-10-11-28(23)25)20-8-5-9-22(14-20)30-17-18-6-3-2-4-7-18/h2-11,14-16,21H,12-13,17H2,1H3. The minimum Gasteiger partial charge on any atom is -0.504 e. The van der Waals surface area contributed by atoms with Crippen molar-refractivity contribution >= 4 is 5.52 Å². The molecule has 1 aliphatic rings. The van der Waals surface area contributed by atoms with Crippen molar-refractivity contribution < 1.29 is 9.47 Å². The molecule has 5 rings (SSSR count). The number of rotatable bonds is 6. The van der Waals surface area contributed by atoms with Crippen LogP contribution in [0.3, 0.4) is 0 Å². The zero-order valence-corrected chi connectivity index (χ0v) is 16.9. The van der Waals surface area contributed by atoms with Crippen molar-refractivity contribution in [1.29, 1.82) is 0 Å². The second kappa shape index (κ2) is 8.03. The number of benzene rings is 2. The van der Waals surface area contributed by atoms with Crippen molar-refractivity contribution in [2.75, 3.05) is 7.11 Å². The summed E-state index contributed by atoms with van der Waals surface area (Å²) in [5.41, 5.74) is 5.45. The molecule has 5 nitrogen and oxygen atoms in total. The van der Waals surface area contributed by atoms with Crippen molar-refractivity contribution in [1.82, 2.24) is 14.4 Å². The number of nitrogens with zero attached hydrogens (tertiary/aromatic N) is 3. The highest BCUT2D eigenvalue weighted by Crippen LogP contribution is 2.42. The van der Waals surface area contributed by atoms with E-state index in [0.29, 0.717) is 12.5 Å². The van der Waals surface area contributed by atoms with Crippen molar-refractivity contribution in [3.8, 4) is 17.0 Å². The minimum atomic E-state index is 0.396. The van der Waals surface area contributed by atoms with Gasteiger partial charge in [-0.1, -0.05) is 42.5 Å². The smallest absolute Gasteiger partial charge is 0.120 e. The molecule has 150 valence electrons. The maximum Gasteiger partial charge on any atom is 0.120 e. The van der Waals surface area contributed by atoms with Gasteiger partial charge in [0.05, 0.1) is 30.8 Å². The van der Waals surface area contributed by atoms with Crippen LogP contribution in [-0.2, 0) is 11.3 Å². The average Bonchev–Trinajstić information content (AvgIpc) is 3.15. The lowest BCUT2D eigenvalue weighted by molar-refractivity contribution is 0.306. The van der Waals surface area contributed by atoms with E-state index in [2.05, 4.69) is 33.7 Å². The molecule has 1 saturated carbocycles. The minimum absolute atomic E-state index is 0.396. The first-order valence-corrected chi connectivity index (χ1v) is 10.1. The molecule has 1 aliphatic carbocycles. The first kappa shape index (κ1) is 18.4. The van der Waals surface area contributed by atoms with Gasteiger partial charge in [0.2, 0.25) is 0 Å². The second-order valence-electron chi connectivity index (χ2n) is 7.57. The second-order valence-corrected chi connectivity index (χ2v) is 7.57. The van der Waals surface area contributed by atoms with Crippen molar-refractivity contribution in [2.45, 2.75) is 25.4 Å². The van der Waals surface area contributed by atoms with Crippen LogP contribution >= 0.6 is 0 Å². The summed E-state index contributed by atoms with van der Waals surface area (Å²) < 4.78 is 13.3. The van der Waals surface area contributed by atoms with Gasteiger partial charge in [0.1, 0.15) is 18.2 Å². The van der Waals surface area contributed by atoms with Gasteiger partial charge in [-0.15, -0.1) is 0 Å². The maximum atomic E-state index is 6.02. The zero-order valence-electron chi connectivity index (χ0n) is 16.9. The molecule has 30 heavy (non-hydrogen) atoms. The molecule has 2 aromatic carbocycles.